The normalized spacial score (nSPS) is 32.9. The number of hydrogen-bond donors (Lipinski definition) is 1. The van der Waals surface area contributed by atoms with E-state index in [4.69, 9.17) is 4.74 Å². The number of hydrogen-bond acceptors (Lipinski definition) is 4. The Balaban J connectivity index is 2.01. The molecule has 2 aliphatic rings. The quantitative estimate of drug-likeness (QED) is 0.774. The first-order chi connectivity index (χ1) is 9.17. The maximum absolute atomic E-state index is 11.8. The number of nitrogens with zero attached hydrogens (tertiary/aromatic N) is 1. The van der Waals surface area contributed by atoms with Crippen LogP contribution in [-0.2, 0) is 9.53 Å². The van der Waals surface area contributed by atoms with Gasteiger partial charge in [-0.1, -0.05) is 13.3 Å². The molecular weight excluding hydrogens is 240 g/mol. The fourth-order valence-electron chi connectivity index (χ4n) is 3.86. The number of esters is 1. The smallest absolute Gasteiger partial charge is 0.322 e. The second-order valence-electron chi connectivity index (χ2n) is 6.01. The molecule has 1 N–H and O–H groups in total. The van der Waals surface area contributed by atoms with Crippen molar-refractivity contribution in [2.24, 2.45) is 0 Å². The number of carbonyl (C=O) groups excluding carboxylic acids is 1. The van der Waals surface area contributed by atoms with Gasteiger partial charge in [0.2, 0.25) is 0 Å². The van der Waals surface area contributed by atoms with Crippen LogP contribution in [0, 0.1) is 0 Å². The first kappa shape index (κ1) is 14.8. The van der Waals surface area contributed by atoms with Gasteiger partial charge in [-0.15, -0.1) is 0 Å². The molecule has 0 aliphatic carbocycles. The summed E-state index contributed by atoms with van der Waals surface area (Å²) in [7, 11) is 1.49. The molecule has 2 rings (SSSR count). The van der Waals surface area contributed by atoms with Crippen molar-refractivity contribution in [3.63, 3.8) is 0 Å². The van der Waals surface area contributed by atoms with Crippen LogP contribution in [0.1, 0.15) is 52.4 Å². The standard InChI is InChI=1S/C15H28N2O2/c1-4-8-16-12-9-13-6-5-7-14(10-12)17(13)11(2)15(18)19-3/h11-14,16H,4-10H2,1-3H3. The van der Waals surface area contributed by atoms with Gasteiger partial charge in [0.1, 0.15) is 6.04 Å². The Morgan fingerprint density at radius 1 is 1.37 bits per heavy atom. The minimum absolute atomic E-state index is 0.0862. The molecule has 3 unspecified atom stereocenters. The predicted octanol–water partition coefficient (Wildman–Crippen LogP) is 1.93. The summed E-state index contributed by atoms with van der Waals surface area (Å²) in [6.07, 6.45) is 7.30. The van der Waals surface area contributed by atoms with Crippen molar-refractivity contribution < 1.29 is 9.53 Å². The van der Waals surface area contributed by atoms with Crippen molar-refractivity contribution in [3.8, 4) is 0 Å². The van der Waals surface area contributed by atoms with E-state index in [-0.39, 0.29) is 12.0 Å². The summed E-state index contributed by atoms with van der Waals surface area (Å²) in [6.45, 7) is 5.32. The number of methoxy groups -OCH3 is 1. The average molecular weight is 268 g/mol. The van der Waals surface area contributed by atoms with Crippen LogP contribution in [0.2, 0.25) is 0 Å². The molecule has 0 aromatic rings. The largest absolute Gasteiger partial charge is 0.468 e. The molecule has 19 heavy (non-hydrogen) atoms. The van der Waals surface area contributed by atoms with Gasteiger partial charge >= 0.3 is 5.97 Å². The lowest BCUT2D eigenvalue weighted by molar-refractivity contribution is -0.151. The number of piperidine rings is 2. The van der Waals surface area contributed by atoms with Crippen molar-refractivity contribution in [1.29, 1.82) is 0 Å². The van der Waals surface area contributed by atoms with Gasteiger partial charge in [0.15, 0.2) is 0 Å². The zero-order chi connectivity index (χ0) is 13.8. The van der Waals surface area contributed by atoms with Crippen LogP contribution in [0.5, 0.6) is 0 Å². The second-order valence-corrected chi connectivity index (χ2v) is 6.01. The third kappa shape index (κ3) is 3.29. The molecule has 3 atom stereocenters. The van der Waals surface area contributed by atoms with Gasteiger partial charge in [-0.25, -0.2) is 0 Å². The number of fused-ring (bicyclic) bond motifs is 2. The third-order valence-corrected chi connectivity index (χ3v) is 4.70. The van der Waals surface area contributed by atoms with E-state index in [0.717, 1.165) is 6.54 Å². The fraction of sp³-hybridized carbons (Fsp3) is 0.933. The van der Waals surface area contributed by atoms with E-state index in [1.165, 1.54) is 45.6 Å². The molecule has 2 heterocycles. The van der Waals surface area contributed by atoms with Crippen molar-refractivity contribution in [2.45, 2.75) is 76.5 Å². The summed E-state index contributed by atoms with van der Waals surface area (Å²) in [4.78, 5) is 14.2. The Labute approximate surface area is 116 Å². The Bertz CT molecular complexity index is 295. The SMILES string of the molecule is CCCNC1CC2CCCC(C1)N2C(C)C(=O)OC. The summed E-state index contributed by atoms with van der Waals surface area (Å²) in [6, 6.07) is 1.65. The second kappa shape index (κ2) is 6.71. The lowest BCUT2D eigenvalue weighted by Crippen LogP contribution is -2.60. The summed E-state index contributed by atoms with van der Waals surface area (Å²) < 4.78 is 4.93. The van der Waals surface area contributed by atoms with Crippen molar-refractivity contribution in [1.82, 2.24) is 10.2 Å². The van der Waals surface area contributed by atoms with Crippen LogP contribution >= 0.6 is 0 Å². The Kier molecular flexibility index (Phi) is 5.22. The van der Waals surface area contributed by atoms with E-state index in [0.29, 0.717) is 18.1 Å². The molecule has 0 aromatic heterocycles. The van der Waals surface area contributed by atoms with Gasteiger partial charge in [0.05, 0.1) is 7.11 Å². The van der Waals surface area contributed by atoms with E-state index in [9.17, 15) is 4.79 Å². The van der Waals surface area contributed by atoms with Crippen molar-refractivity contribution in [2.75, 3.05) is 13.7 Å². The third-order valence-electron chi connectivity index (χ3n) is 4.70. The van der Waals surface area contributed by atoms with Gasteiger partial charge in [0, 0.05) is 18.1 Å². The highest BCUT2D eigenvalue weighted by molar-refractivity contribution is 5.75. The highest BCUT2D eigenvalue weighted by Gasteiger charge is 2.42. The van der Waals surface area contributed by atoms with Crippen LogP contribution in [0.15, 0.2) is 0 Å². The Morgan fingerprint density at radius 2 is 2.00 bits per heavy atom. The topological polar surface area (TPSA) is 41.6 Å². The molecule has 0 radical (unpaired) electrons. The van der Waals surface area contributed by atoms with E-state index in [2.05, 4.69) is 17.1 Å². The van der Waals surface area contributed by atoms with Gasteiger partial charge < -0.3 is 10.1 Å². The van der Waals surface area contributed by atoms with Crippen LogP contribution < -0.4 is 5.32 Å². The maximum atomic E-state index is 11.8. The lowest BCUT2D eigenvalue weighted by Gasteiger charge is -2.50. The predicted molar refractivity (Wildman–Crippen MR) is 76.1 cm³/mol. The zero-order valence-corrected chi connectivity index (χ0v) is 12.5. The minimum atomic E-state index is -0.0903. The van der Waals surface area contributed by atoms with Crippen molar-refractivity contribution >= 4 is 5.97 Å². The molecule has 2 bridgehead atoms. The molecule has 4 heteroatoms. The molecule has 0 spiro atoms. The van der Waals surface area contributed by atoms with Crippen LogP contribution in [0.25, 0.3) is 0 Å². The van der Waals surface area contributed by atoms with E-state index >= 15 is 0 Å². The Morgan fingerprint density at radius 3 is 2.53 bits per heavy atom. The van der Waals surface area contributed by atoms with Crippen LogP contribution in [-0.4, -0.2) is 48.7 Å². The number of ether oxygens (including phenoxy) is 1. The average Bonchev–Trinajstić information content (AvgIpc) is 2.42. The maximum Gasteiger partial charge on any atom is 0.322 e. The van der Waals surface area contributed by atoms with Gasteiger partial charge in [-0.3, -0.25) is 9.69 Å². The fourth-order valence-corrected chi connectivity index (χ4v) is 3.86. The zero-order valence-electron chi connectivity index (χ0n) is 12.5. The van der Waals surface area contributed by atoms with Gasteiger partial charge in [0.25, 0.3) is 0 Å². The molecule has 0 saturated carbocycles. The first-order valence-corrected chi connectivity index (χ1v) is 7.76. The summed E-state index contributed by atoms with van der Waals surface area (Å²) in [5.41, 5.74) is 0. The molecule has 0 aromatic carbocycles. The van der Waals surface area contributed by atoms with Crippen LogP contribution in [0.4, 0.5) is 0 Å². The Hall–Kier alpha value is -0.610. The van der Waals surface area contributed by atoms with Crippen molar-refractivity contribution in [3.05, 3.63) is 0 Å². The highest BCUT2D eigenvalue weighted by atomic mass is 16.5. The van der Waals surface area contributed by atoms with E-state index < -0.39 is 0 Å². The summed E-state index contributed by atoms with van der Waals surface area (Å²) in [5, 5.41) is 3.66. The lowest BCUT2D eigenvalue weighted by atomic mass is 9.80. The summed E-state index contributed by atoms with van der Waals surface area (Å²) in [5.74, 6) is -0.0862. The summed E-state index contributed by atoms with van der Waals surface area (Å²) >= 11 is 0. The van der Waals surface area contributed by atoms with Crippen LogP contribution in [0.3, 0.4) is 0 Å². The monoisotopic (exact) mass is 268 g/mol. The molecule has 2 saturated heterocycles. The molecular formula is C15H28N2O2. The highest BCUT2D eigenvalue weighted by Crippen LogP contribution is 2.35. The number of nitrogens with one attached hydrogen (secondary N) is 1. The van der Waals surface area contributed by atoms with Gasteiger partial charge in [-0.05, 0) is 45.6 Å². The minimum Gasteiger partial charge on any atom is -0.468 e. The number of rotatable bonds is 5. The van der Waals surface area contributed by atoms with E-state index in [1.807, 2.05) is 6.92 Å². The molecule has 0 amide bonds. The number of carbonyl (C=O) groups is 1. The van der Waals surface area contributed by atoms with Gasteiger partial charge in [-0.2, -0.15) is 0 Å². The molecule has 2 fully saturated rings. The molecule has 110 valence electrons. The first-order valence-electron chi connectivity index (χ1n) is 7.76. The molecule has 2 aliphatic heterocycles. The molecule has 4 nitrogen and oxygen atoms in total. The van der Waals surface area contributed by atoms with E-state index in [1.54, 1.807) is 0 Å².